The number of anilines is 2. The Kier molecular flexibility index (Phi) is 8.34. The van der Waals surface area contributed by atoms with Crippen LogP contribution < -0.4 is 20.3 Å². The van der Waals surface area contributed by atoms with Gasteiger partial charge >= 0.3 is 6.03 Å². The molecule has 2 aliphatic heterocycles. The van der Waals surface area contributed by atoms with E-state index in [1.54, 1.807) is 0 Å². The number of fused-ring (bicyclic) bond motifs is 2. The fourth-order valence-electron chi connectivity index (χ4n) is 7.32. The van der Waals surface area contributed by atoms with Crippen LogP contribution in [0.25, 0.3) is 5.65 Å². The second kappa shape index (κ2) is 12.5. The summed E-state index contributed by atoms with van der Waals surface area (Å²) in [5.74, 6) is 1.73. The van der Waals surface area contributed by atoms with Crippen LogP contribution in [-0.4, -0.2) is 65.4 Å². The first-order chi connectivity index (χ1) is 22.6. The van der Waals surface area contributed by atoms with Crippen LogP contribution in [0.2, 0.25) is 0 Å². The molecule has 2 amide bonds. The van der Waals surface area contributed by atoms with Gasteiger partial charge in [-0.3, -0.25) is 9.30 Å². The molecule has 10 heteroatoms. The van der Waals surface area contributed by atoms with Gasteiger partial charge in [-0.25, -0.2) is 4.79 Å². The fraction of sp³-hybridized carbons (Fsp3) is 0.486. The predicted octanol–water partition coefficient (Wildman–Crippen LogP) is 6.58. The van der Waals surface area contributed by atoms with Crippen LogP contribution in [0.4, 0.5) is 16.2 Å². The molecule has 0 radical (unpaired) electrons. The Labute approximate surface area is 277 Å². The van der Waals surface area contributed by atoms with Crippen LogP contribution in [-0.2, 0) is 15.7 Å². The predicted molar refractivity (Wildman–Crippen MR) is 184 cm³/mol. The summed E-state index contributed by atoms with van der Waals surface area (Å²) in [5, 5.41) is 15.5. The van der Waals surface area contributed by atoms with Crippen molar-refractivity contribution in [1.29, 1.82) is 0 Å². The van der Waals surface area contributed by atoms with Crippen molar-refractivity contribution < 1.29 is 14.3 Å². The summed E-state index contributed by atoms with van der Waals surface area (Å²) in [6.45, 7) is 13.0. The Balaban J connectivity index is 1.08. The standard InChI is InChI=1S/C37H47N7O3/c1-36(2,3)25-21-26(23-27(22-25)43-17-19-46-20-18-43)38-35(45)39-31-12-13-32(30-10-7-6-9-29(30)31)47-28-11-14-33-40-41-34(44(33)24-28)37(4)15-8-16-42(37)5/h6-7,9-11,14,21-24,31-32H,8,12-13,15-20H2,1-5H3,(H2,38,39,45)/t31-,32+,37-/m0/s1. The van der Waals surface area contributed by atoms with Gasteiger partial charge in [0.1, 0.15) is 11.9 Å². The summed E-state index contributed by atoms with van der Waals surface area (Å²) >= 11 is 0. The number of urea groups is 1. The Hall–Kier alpha value is -4.15. The third-order valence-corrected chi connectivity index (χ3v) is 10.3. The molecule has 248 valence electrons. The Morgan fingerprint density at radius 1 is 1.00 bits per heavy atom. The number of hydrogen-bond acceptors (Lipinski definition) is 7. The quantitative estimate of drug-likeness (QED) is 0.247. The number of likely N-dealkylation sites (tertiary alicyclic amines) is 1. The van der Waals surface area contributed by atoms with E-state index in [4.69, 9.17) is 9.47 Å². The lowest BCUT2D eigenvalue weighted by Crippen LogP contribution is -2.37. The van der Waals surface area contributed by atoms with Crippen molar-refractivity contribution in [3.63, 3.8) is 0 Å². The summed E-state index contributed by atoms with van der Waals surface area (Å²) < 4.78 is 14.3. The zero-order chi connectivity index (χ0) is 32.8. The lowest BCUT2D eigenvalue weighted by atomic mass is 9.85. The van der Waals surface area contributed by atoms with E-state index in [1.807, 2.05) is 30.5 Å². The minimum absolute atomic E-state index is 0.0577. The smallest absolute Gasteiger partial charge is 0.319 e. The van der Waals surface area contributed by atoms with Crippen LogP contribution in [0.15, 0.2) is 60.8 Å². The summed E-state index contributed by atoms with van der Waals surface area (Å²) in [6, 6.07) is 18.3. The lowest BCUT2D eigenvalue weighted by molar-refractivity contribution is 0.122. The molecule has 0 saturated carbocycles. The molecular weight excluding hydrogens is 590 g/mol. The highest BCUT2D eigenvalue weighted by Crippen LogP contribution is 2.40. The Bertz CT molecular complexity index is 1760. The number of ether oxygens (including phenoxy) is 2. The van der Waals surface area contributed by atoms with E-state index in [-0.39, 0.29) is 29.1 Å². The van der Waals surface area contributed by atoms with E-state index in [1.165, 1.54) is 5.56 Å². The minimum atomic E-state index is -0.209. The van der Waals surface area contributed by atoms with Gasteiger partial charge in [-0.05, 0) is 98.6 Å². The summed E-state index contributed by atoms with van der Waals surface area (Å²) in [5.41, 5.74) is 5.87. The van der Waals surface area contributed by atoms with Gasteiger partial charge in [-0.2, -0.15) is 0 Å². The molecule has 0 bridgehead atoms. The van der Waals surface area contributed by atoms with Crippen LogP contribution in [0.1, 0.15) is 88.0 Å². The van der Waals surface area contributed by atoms with Gasteiger partial charge in [-0.15, -0.1) is 10.2 Å². The van der Waals surface area contributed by atoms with Gasteiger partial charge in [0.05, 0.1) is 31.0 Å². The molecule has 2 saturated heterocycles. The lowest BCUT2D eigenvalue weighted by Gasteiger charge is -2.33. The van der Waals surface area contributed by atoms with E-state index < -0.39 is 0 Å². The summed E-state index contributed by atoms with van der Waals surface area (Å²) in [7, 11) is 2.16. The molecule has 47 heavy (non-hydrogen) atoms. The Morgan fingerprint density at radius 3 is 2.53 bits per heavy atom. The summed E-state index contributed by atoms with van der Waals surface area (Å²) in [4.78, 5) is 18.2. The highest BCUT2D eigenvalue weighted by atomic mass is 16.5. The number of amides is 2. The zero-order valence-corrected chi connectivity index (χ0v) is 28.3. The molecule has 3 aliphatic rings. The van der Waals surface area contributed by atoms with Crippen LogP contribution >= 0.6 is 0 Å². The van der Waals surface area contributed by atoms with E-state index >= 15 is 0 Å². The van der Waals surface area contributed by atoms with E-state index in [0.717, 1.165) is 85.0 Å². The molecule has 4 aromatic rings. The van der Waals surface area contributed by atoms with Gasteiger partial charge in [0.2, 0.25) is 0 Å². The van der Waals surface area contributed by atoms with Crippen LogP contribution in [0.5, 0.6) is 5.75 Å². The van der Waals surface area contributed by atoms with Crippen molar-refractivity contribution in [3.8, 4) is 5.75 Å². The fourth-order valence-corrected chi connectivity index (χ4v) is 7.32. The third kappa shape index (κ3) is 6.28. The zero-order valence-electron chi connectivity index (χ0n) is 28.3. The monoisotopic (exact) mass is 637 g/mol. The number of nitrogens with zero attached hydrogens (tertiary/aromatic N) is 5. The molecule has 3 atom stereocenters. The van der Waals surface area contributed by atoms with Gasteiger partial charge in [0, 0.05) is 24.5 Å². The normalized spacial score (nSPS) is 23.5. The van der Waals surface area contributed by atoms with Gasteiger partial charge in [0.25, 0.3) is 0 Å². The molecule has 10 nitrogen and oxygen atoms in total. The van der Waals surface area contributed by atoms with Gasteiger partial charge in [0.15, 0.2) is 11.5 Å². The van der Waals surface area contributed by atoms with Crippen molar-refractivity contribution in [2.45, 2.75) is 76.5 Å². The third-order valence-electron chi connectivity index (χ3n) is 10.3. The maximum Gasteiger partial charge on any atom is 0.319 e. The first-order valence-corrected chi connectivity index (χ1v) is 17.0. The first kappa shape index (κ1) is 31.4. The minimum Gasteiger partial charge on any atom is -0.484 e. The van der Waals surface area contributed by atoms with Gasteiger partial charge in [-0.1, -0.05) is 45.0 Å². The number of pyridine rings is 1. The van der Waals surface area contributed by atoms with Crippen molar-refractivity contribution in [3.05, 3.63) is 83.3 Å². The van der Waals surface area contributed by atoms with Crippen molar-refractivity contribution in [2.24, 2.45) is 0 Å². The molecule has 2 aromatic heterocycles. The maximum atomic E-state index is 13.5. The number of nitrogens with one attached hydrogen (secondary N) is 2. The largest absolute Gasteiger partial charge is 0.484 e. The number of carbonyl (C=O) groups excluding carboxylic acids is 1. The maximum absolute atomic E-state index is 13.5. The van der Waals surface area contributed by atoms with E-state index in [9.17, 15) is 4.79 Å². The first-order valence-electron chi connectivity index (χ1n) is 17.0. The molecule has 4 heterocycles. The van der Waals surface area contributed by atoms with Crippen LogP contribution in [0.3, 0.4) is 0 Å². The van der Waals surface area contributed by atoms with Crippen molar-refractivity contribution >= 4 is 23.1 Å². The number of benzene rings is 2. The molecule has 0 unspecified atom stereocenters. The average molecular weight is 638 g/mol. The number of hydrogen-bond donors (Lipinski definition) is 2. The SMILES string of the molecule is CN1CCC[C@@]1(C)c1nnc2ccc(O[C@@H]3CC[C@H](NC(=O)Nc4cc(N5CCOCC5)cc(C(C)(C)C)c4)c4ccccc43)cn12. The second-order valence-electron chi connectivity index (χ2n) is 14.5. The number of morpholine rings is 1. The molecule has 0 spiro atoms. The number of rotatable bonds is 6. The summed E-state index contributed by atoms with van der Waals surface area (Å²) in [6.07, 6.45) is 5.62. The number of carbonyl (C=O) groups is 1. The molecule has 1 aliphatic carbocycles. The highest BCUT2D eigenvalue weighted by molar-refractivity contribution is 5.90. The highest BCUT2D eigenvalue weighted by Gasteiger charge is 2.40. The molecule has 2 aromatic carbocycles. The topological polar surface area (TPSA) is 96.3 Å². The molecule has 7 rings (SSSR count). The molecule has 2 N–H and O–H groups in total. The van der Waals surface area contributed by atoms with E-state index in [2.05, 4.69) is 100 Å². The average Bonchev–Trinajstić information content (AvgIpc) is 3.64. The molecular formula is C37H47N7O3. The van der Waals surface area contributed by atoms with Crippen molar-refractivity contribution in [2.75, 3.05) is 50.1 Å². The van der Waals surface area contributed by atoms with Crippen LogP contribution in [0, 0.1) is 0 Å². The second-order valence-corrected chi connectivity index (χ2v) is 14.5. The Morgan fingerprint density at radius 2 is 1.79 bits per heavy atom. The van der Waals surface area contributed by atoms with Gasteiger partial charge < -0.3 is 25.0 Å². The molecule has 2 fully saturated rings. The number of aromatic nitrogens is 3. The van der Waals surface area contributed by atoms with Crippen molar-refractivity contribution in [1.82, 2.24) is 24.8 Å². The van der Waals surface area contributed by atoms with E-state index in [0.29, 0.717) is 13.2 Å².